The molecule has 88 valence electrons. The lowest BCUT2D eigenvalue weighted by atomic mass is 9.94. The van der Waals surface area contributed by atoms with Crippen molar-refractivity contribution in [1.29, 1.82) is 0 Å². The van der Waals surface area contributed by atoms with E-state index in [4.69, 9.17) is 4.42 Å². The number of furan rings is 1. The third-order valence-electron chi connectivity index (χ3n) is 2.69. The third-order valence-corrected chi connectivity index (χ3v) is 4.17. The fourth-order valence-electron chi connectivity index (χ4n) is 1.57. The van der Waals surface area contributed by atoms with Gasteiger partial charge in [0.2, 0.25) is 0 Å². The molecule has 0 radical (unpaired) electrons. The van der Waals surface area contributed by atoms with E-state index in [0.717, 1.165) is 11.3 Å². The van der Waals surface area contributed by atoms with Crippen LogP contribution in [0.25, 0.3) is 10.3 Å². The zero-order valence-electron chi connectivity index (χ0n) is 11.0. The van der Waals surface area contributed by atoms with Crippen LogP contribution in [0.3, 0.4) is 0 Å². The lowest BCUT2D eigenvalue weighted by Gasteiger charge is -2.16. The van der Waals surface area contributed by atoms with E-state index >= 15 is 0 Å². The molecule has 1 nitrogen and oxygen atoms in total. The summed E-state index contributed by atoms with van der Waals surface area (Å²) < 4.78 is 7.19. The molecule has 0 unspecified atom stereocenters. The van der Waals surface area contributed by atoms with Crippen LogP contribution in [-0.2, 0) is 10.8 Å². The summed E-state index contributed by atoms with van der Waals surface area (Å²) in [6.07, 6.45) is 0. The smallest absolute Gasteiger partial charge is 0.145 e. The van der Waals surface area contributed by atoms with Crippen LogP contribution >= 0.6 is 11.3 Å². The minimum atomic E-state index is 0.0979. The molecule has 0 saturated heterocycles. The highest BCUT2D eigenvalue weighted by Crippen LogP contribution is 2.38. The van der Waals surface area contributed by atoms with Crippen molar-refractivity contribution in [3.05, 3.63) is 22.8 Å². The summed E-state index contributed by atoms with van der Waals surface area (Å²) in [6.45, 7) is 13.3. The number of hydrogen-bond acceptors (Lipinski definition) is 2. The number of fused-ring (bicyclic) bond motifs is 1. The quantitative estimate of drug-likeness (QED) is 0.621. The summed E-state index contributed by atoms with van der Waals surface area (Å²) in [5.74, 6) is 1.08. The minimum Gasteiger partial charge on any atom is -0.460 e. The van der Waals surface area contributed by atoms with Crippen LogP contribution in [-0.4, -0.2) is 0 Å². The molecule has 0 bridgehead atoms. The Hall–Kier alpha value is -0.760. The van der Waals surface area contributed by atoms with Gasteiger partial charge in [-0.15, -0.1) is 11.3 Å². The molecule has 0 N–H and O–H groups in total. The van der Waals surface area contributed by atoms with Gasteiger partial charge in [-0.3, -0.25) is 0 Å². The van der Waals surface area contributed by atoms with E-state index in [1.165, 1.54) is 9.58 Å². The number of hydrogen-bond donors (Lipinski definition) is 0. The summed E-state index contributed by atoms with van der Waals surface area (Å²) in [5, 5.41) is 0. The van der Waals surface area contributed by atoms with E-state index in [1.807, 2.05) is 11.3 Å². The zero-order valence-corrected chi connectivity index (χ0v) is 11.8. The predicted molar refractivity (Wildman–Crippen MR) is 71.5 cm³/mol. The van der Waals surface area contributed by atoms with Gasteiger partial charge in [-0.1, -0.05) is 41.5 Å². The molecule has 16 heavy (non-hydrogen) atoms. The first-order valence-electron chi connectivity index (χ1n) is 5.72. The molecule has 0 aliphatic heterocycles. The molecular formula is C14H20OS. The average Bonchev–Trinajstić information content (AvgIpc) is 2.53. The molecule has 2 aromatic heterocycles. The normalized spacial score (nSPS) is 13.6. The van der Waals surface area contributed by atoms with E-state index in [-0.39, 0.29) is 10.8 Å². The van der Waals surface area contributed by atoms with Crippen molar-refractivity contribution in [3.8, 4) is 0 Å². The van der Waals surface area contributed by atoms with Gasteiger partial charge in [0.25, 0.3) is 0 Å². The predicted octanol–water partition coefficient (Wildman–Crippen LogP) is 5.09. The van der Waals surface area contributed by atoms with Crippen molar-refractivity contribution in [3.63, 3.8) is 0 Å². The second kappa shape index (κ2) is 3.36. The first-order chi connectivity index (χ1) is 7.18. The molecule has 0 amide bonds. The maximum absolute atomic E-state index is 5.92. The van der Waals surface area contributed by atoms with Crippen molar-refractivity contribution in [2.24, 2.45) is 0 Å². The molecule has 0 saturated carbocycles. The molecule has 0 spiro atoms. The third kappa shape index (κ3) is 2.03. The van der Waals surface area contributed by atoms with Crippen LogP contribution in [0.5, 0.6) is 0 Å². The van der Waals surface area contributed by atoms with Crippen LogP contribution in [0, 0.1) is 0 Å². The molecule has 2 rings (SSSR count). The Kier molecular flexibility index (Phi) is 2.46. The van der Waals surface area contributed by atoms with Gasteiger partial charge in [0.15, 0.2) is 0 Å². The Bertz CT molecular complexity index is 428. The van der Waals surface area contributed by atoms with Crippen LogP contribution in [0.15, 0.2) is 16.5 Å². The van der Waals surface area contributed by atoms with Gasteiger partial charge in [0.05, 0.1) is 4.70 Å². The Morgan fingerprint density at radius 2 is 1.56 bits per heavy atom. The van der Waals surface area contributed by atoms with E-state index in [9.17, 15) is 0 Å². The minimum absolute atomic E-state index is 0.0979. The fraction of sp³-hybridized carbons (Fsp3) is 0.571. The second-order valence-corrected chi connectivity index (χ2v) is 7.53. The summed E-state index contributed by atoms with van der Waals surface area (Å²) in [7, 11) is 0. The molecule has 0 fully saturated rings. The van der Waals surface area contributed by atoms with Crippen LogP contribution in [0.2, 0.25) is 0 Å². The fourth-order valence-corrected chi connectivity index (χ4v) is 2.65. The Morgan fingerprint density at radius 1 is 0.938 bits per heavy atom. The number of thiophene rings is 1. The highest BCUT2D eigenvalue weighted by atomic mass is 32.1. The molecule has 2 aromatic rings. The first-order valence-corrected chi connectivity index (χ1v) is 6.54. The van der Waals surface area contributed by atoms with Crippen LogP contribution in [0.4, 0.5) is 0 Å². The summed E-state index contributed by atoms with van der Waals surface area (Å²) in [4.78, 5) is 1.39. The molecule has 0 aliphatic carbocycles. The monoisotopic (exact) mass is 236 g/mol. The van der Waals surface area contributed by atoms with Crippen molar-refractivity contribution in [2.45, 2.75) is 52.4 Å². The molecule has 2 heteroatoms. The molecule has 2 heterocycles. The van der Waals surface area contributed by atoms with Gasteiger partial charge in [0, 0.05) is 10.3 Å². The van der Waals surface area contributed by atoms with E-state index in [0.29, 0.717) is 0 Å². The molecule has 0 atom stereocenters. The van der Waals surface area contributed by atoms with Gasteiger partial charge in [-0.25, -0.2) is 0 Å². The molecule has 0 aliphatic rings. The topological polar surface area (TPSA) is 13.1 Å². The average molecular weight is 236 g/mol. The summed E-state index contributed by atoms with van der Waals surface area (Å²) in [6, 6.07) is 4.38. The van der Waals surface area contributed by atoms with Gasteiger partial charge in [-0.2, -0.15) is 0 Å². The van der Waals surface area contributed by atoms with Crippen molar-refractivity contribution >= 4 is 21.6 Å². The molecule has 0 aromatic carbocycles. The maximum Gasteiger partial charge on any atom is 0.145 e. The van der Waals surface area contributed by atoms with Gasteiger partial charge in [-0.05, 0) is 17.5 Å². The van der Waals surface area contributed by atoms with Crippen LogP contribution in [0.1, 0.15) is 52.2 Å². The van der Waals surface area contributed by atoms with Crippen molar-refractivity contribution < 1.29 is 4.42 Å². The van der Waals surface area contributed by atoms with E-state index in [1.54, 1.807) is 0 Å². The van der Waals surface area contributed by atoms with E-state index in [2.05, 4.69) is 53.7 Å². The zero-order chi connectivity index (χ0) is 12.1. The van der Waals surface area contributed by atoms with Gasteiger partial charge in [0.1, 0.15) is 11.3 Å². The van der Waals surface area contributed by atoms with Gasteiger partial charge >= 0.3 is 0 Å². The Labute approximate surface area is 101 Å². The maximum atomic E-state index is 5.92. The van der Waals surface area contributed by atoms with Gasteiger partial charge < -0.3 is 4.42 Å². The number of rotatable bonds is 0. The van der Waals surface area contributed by atoms with Crippen molar-refractivity contribution in [2.75, 3.05) is 0 Å². The first kappa shape index (κ1) is 11.7. The largest absolute Gasteiger partial charge is 0.460 e. The SMILES string of the molecule is CC(C)(C)c1cc2sc(C(C)(C)C)cc2o1. The van der Waals surface area contributed by atoms with Crippen LogP contribution < -0.4 is 0 Å². The molecular weight excluding hydrogens is 216 g/mol. The van der Waals surface area contributed by atoms with E-state index < -0.39 is 0 Å². The Balaban J connectivity index is 2.49. The van der Waals surface area contributed by atoms with Crippen molar-refractivity contribution in [1.82, 2.24) is 0 Å². The summed E-state index contributed by atoms with van der Waals surface area (Å²) >= 11 is 1.85. The highest BCUT2D eigenvalue weighted by molar-refractivity contribution is 7.19. The standard InChI is InChI=1S/C14H20OS/c1-13(2,3)11-8-10-9(15-11)7-12(16-10)14(4,5)6/h7-8H,1-6H3. The lowest BCUT2D eigenvalue weighted by molar-refractivity contribution is 0.430. The Morgan fingerprint density at radius 3 is 2.00 bits per heavy atom. The lowest BCUT2D eigenvalue weighted by Crippen LogP contribution is -2.09. The summed E-state index contributed by atoms with van der Waals surface area (Å²) in [5.41, 5.74) is 1.36. The second-order valence-electron chi connectivity index (χ2n) is 6.45. The highest BCUT2D eigenvalue weighted by Gasteiger charge is 2.22.